The molecule has 6 rings (SSSR count). The van der Waals surface area contributed by atoms with E-state index in [1.807, 2.05) is 164 Å². The van der Waals surface area contributed by atoms with Crippen LogP contribution in [-0.2, 0) is 47.6 Å². The van der Waals surface area contributed by atoms with Crippen molar-refractivity contribution in [3.05, 3.63) is 217 Å². The molecule has 0 saturated carbocycles. The third-order valence-electron chi connectivity index (χ3n) is 12.3. The third kappa shape index (κ3) is 25.8. The summed E-state index contributed by atoms with van der Waals surface area (Å²) in [6.45, 7) is 15.6. The van der Waals surface area contributed by atoms with Crippen LogP contribution in [0.2, 0.25) is 0 Å². The minimum absolute atomic E-state index is 0.0377. The predicted octanol–water partition coefficient (Wildman–Crippen LogP) is 12.6. The molecule has 88 heavy (non-hydrogen) atoms. The SMILES string of the molecule is C=C(C)C(=O)OCCCC(=O)OC(COc1ccc(C(c2ccc(OCC(CSc3ccccc3)OC(=O)NCCOC(=O)C(=C)C)cc2)c2ccc(OCC(CSc3ccccc3)OC(=O)NCCOC(=O)C(=C)C)cc2)cc1)CSc1ccccc1. The number of benzene rings is 6. The molecule has 3 atom stereocenters. The molecule has 2 amide bonds. The molecule has 0 aromatic heterocycles. The highest BCUT2D eigenvalue weighted by Crippen LogP contribution is 2.35. The average molecular weight is 1260 g/mol. The molecule has 17 nitrogen and oxygen atoms in total. The van der Waals surface area contributed by atoms with Crippen LogP contribution in [0.4, 0.5) is 9.59 Å². The van der Waals surface area contributed by atoms with Crippen molar-refractivity contribution in [2.75, 3.05) is 70.0 Å². The van der Waals surface area contributed by atoms with Crippen molar-refractivity contribution < 1.29 is 71.4 Å². The van der Waals surface area contributed by atoms with Crippen molar-refractivity contribution in [2.24, 2.45) is 0 Å². The van der Waals surface area contributed by atoms with E-state index in [-0.39, 0.29) is 81.8 Å². The first-order valence-corrected chi connectivity index (χ1v) is 31.3. The summed E-state index contributed by atoms with van der Waals surface area (Å²) in [6, 6.07) is 52.2. The van der Waals surface area contributed by atoms with Crippen molar-refractivity contribution in [2.45, 2.75) is 72.5 Å². The minimum Gasteiger partial charge on any atom is -0.490 e. The van der Waals surface area contributed by atoms with Gasteiger partial charge in [0.15, 0.2) is 0 Å². The van der Waals surface area contributed by atoms with Gasteiger partial charge in [-0.3, -0.25) is 4.79 Å². The number of nitrogens with one attached hydrogen (secondary N) is 2. The molecule has 0 bridgehead atoms. The molecular weight excluding hydrogens is 1180 g/mol. The summed E-state index contributed by atoms with van der Waals surface area (Å²) in [7, 11) is 0. The van der Waals surface area contributed by atoms with Gasteiger partial charge in [0.05, 0.1) is 19.7 Å². The summed E-state index contributed by atoms with van der Waals surface area (Å²) in [6.07, 6.45) is -2.98. The normalized spacial score (nSPS) is 12.1. The summed E-state index contributed by atoms with van der Waals surface area (Å²) in [5.74, 6) is 0.452. The largest absolute Gasteiger partial charge is 0.490 e. The fraction of sp³-hybridized carbons (Fsp3) is 0.294. The highest BCUT2D eigenvalue weighted by Gasteiger charge is 2.23. The number of hydrogen-bond donors (Lipinski definition) is 2. The van der Waals surface area contributed by atoms with E-state index in [0.717, 1.165) is 31.4 Å². The molecule has 464 valence electrons. The topological polar surface area (TPSA) is 210 Å². The zero-order chi connectivity index (χ0) is 62.9. The lowest BCUT2D eigenvalue weighted by atomic mass is 9.85. The van der Waals surface area contributed by atoms with E-state index in [1.165, 1.54) is 35.3 Å². The minimum atomic E-state index is -0.687. The van der Waals surface area contributed by atoms with Crippen LogP contribution in [0.1, 0.15) is 56.2 Å². The van der Waals surface area contributed by atoms with Crippen molar-refractivity contribution in [1.82, 2.24) is 10.6 Å². The lowest BCUT2D eigenvalue weighted by Gasteiger charge is -2.22. The first-order chi connectivity index (χ1) is 42.6. The quantitative estimate of drug-likeness (QED) is 0.00927. The van der Waals surface area contributed by atoms with Gasteiger partial charge in [-0.1, -0.05) is 111 Å². The molecule has 0 heterocycles. The van der Waals surface area contributed by atoms with Crippen LogP contribution in [0.25, 0.3) is 0 Å². The molecule has 3 unspecified atom stereocenters. The lowest BCUT2D eigenvalue weighted by molar-refractivity contribution is -0.150. The second-order valence-corrected chi connectivity index (χ2v) is 23.1. The van der Waals surface area contributed by atoms with Gasteiger partial charge >= 0.3 is 36.1 Å². The molecule has 0 spiro atoms. The maximum absolute atomic E-state index is 13.1. The Bertz CT molecular complexity index is 2850. The second kappa shape index (κ2) is 37.9. The fourth-order valence-electron chi connectivity index (χ4n) is 7.86. The Morgan fingerprint density at radius 1 is 0.409 bits per heavy atom. The van der Waals surface area contributed by atoms with Crippen molar-refractivity contribution in [3.8, 4) is 17.2 Å². The van der Waals surface area contributed by atoms with Gasteiger partial charge in [-0.25, -0.2) is 24.0 Å². The maximum Gasteiger partial charge on any atom is 0.407 e. The van der Waals surface area contributed by atoms with Crippen LogP contribution >= 0.6 is 35.3 Å². The summed E-state index contributed by atoms with van der Waals surface area (Å²) < 4.78 is 51.8. The number of alkyl carbamates (subject to hydrolysis) is 2. The molecule has 0 fully saturated rings. The zero-order valence-corrected chi connectivity index (χ0v) is 52.0. The summed E-state index contributed by atoms with van der Waals surface area (Å²) >= 11 is 4.57. The van der Waals surface area contributed by atoms with Crippen LogP contribution in [0.5, 0.6) is 17.2 Å². The van der Waals surface area contributed by atoms with Crippen LogP contribution in [0.15, 0.2) is 215 Å². The zero-order valence-electron chi connectivity index (χ0n) is 49.6. The van der Waals surface area contributed by atoms with Gasteiger partial charge in [0.1, 0.15) is 68.6 Å². The van der Waals surface area contributed by atoms with E-state index in [2.05, 4.69) is 30.4 Å². The van der Waals surface area contributed by atoms with E-state index in [4.69, 9.17) is 42.6 Å². The number of rotatable bonds is 37. The van der Waals surface area contributed by atoms with E-state index in [0.29, 0.717) is 40.9 Å². The Kier molecular flexibility index (Phi) is 29.5. The van der Waals surface area contributed by atoms with Crippen LogP contribution in [-0.4, -0.2) is 124 Å². The average Bonchev–Trinajstić information content (AvgIpc) is 2.73. The molecular formula is C68H74N2O15S3. The number of ether oxygens (including phenoxy) is 9. The Balaban J connectivity index is 1.18. The van der Waals surface area contributed by atoms with E-state index in [9.17, 15) is 28.8 Å². The van der Waals surface area contributed by atoms with Gasteiger partial charge in [-0.2, -0.15) is 0 Å². The van der Waals surface area contributed by atoms with Crippen molar-refractivity contribution in [1.29, 1.82) is 0 Å². The molecule has 0 aliphatic carbocycles. The molecule has 0 saturated heterocycles. The molecule has 2 N–H and O–H groups in total. The maximum atomic E-state index is 13.1. The smallest absolute Gasteiger partial charge is 0.407 e. The number of esters is 4. The Hall–Kier alpha value is -8.59. The number of carbonyl (C=O) groups is 6. The predicted molar refractivity (Wildman–Crippen MR) is 341 cm³/mol. The molecule has 0 aliphatic rings. The van der Waals surface area contributed by atoms with E-state index >= 15 is 0 Å². The van der Waals surface area contributed by atoms with Crippen molar-refractivity contribution >= 4 is 71.3 Å². The van der Waals surface area contributed by atoms with Gasteiger partial charge < -0.3 is 53.3 Å². The number of carbonyl (C=O) groups excluding carboxylic acids is 6. The van der Waals surface area contributed by atoms with Crippen LogP contribution in [0.3, 0.4) is 0 Å². The fourth-order valence-corrected chi connectivity index (χ4v) is 10.5. The third-order valence-corrected chi connectivity index (χ3v) is 15.8. The first kappa shape index (κ1) is 68.5. The van der Waals surface area contributed by atoms with Gasteiger partial charge in [-0.15, -0.1) is 35.3 Å². The highest BCUT2D eigenvalue weighted by atomic mass is 32.2. The standard InChI is InChI=1S/C68H74N2O15S3/c1-47(2)64(72)77-38-16-23-62(71)83-56(44-86-59-17-10-7-11-18-59)41-80-53-30-24-50(25-31-53)63(51-26-32-54(33-27-51)81-42-57(45-87-60-19-12-8-13-20-60)84-67(75)69-36-39-78-65(73)48(3)4)52-28-34-55(35-29-52)82-43-58(46-88-61-21-14-9-15-22-61)85-68(76)70-37-40-79-66(74)49(5)6/h7-15,17-22,24-35,56-58,63H,1,3,5,16,23,36-46H2,2,4,6H3,(H,69,75)(H,70,76). The molecule has 6 aromatic carbocycles. The van der Waals surface area contributed by atoms with Crippen LogP contribution < -0.4 is 24.8 Å². The van der Waals surface area contributed by atoms with Gasteiger partial charge in [-0.05, 0) is 117 Å². The van der Waals surface area contributed by atoms with Gasteiger partial charge in [0, 0.05) is 61.0 Å². The van der Waals surface area contributed by atoms with Gasteiger partial charge in [0.2, 0.25) is 0 Å². The Morgan fingerprint density at radius 3 is 1.03 bits per heavy atom. The second-order valence-electron chi connectivity index (χ2n) is 19.8. The molecule has 6 aromatic rings. The van der Waals surface area contributed by atoms with E-state index in [1.54, 1.807) is 20.8 Å². The Morgan fingerprint density at radius 2 is 0.716 bits per heavy atom. The lowest BCUT2D eigenvalue weighted by Crippen LogP contribution is -2.35. The van der Waals surface area contributed by atoms with Gasteiger partial charge in [0.25, 0.3) is 0 Å². The summed E-state index contributed by atoms with van der Waals surface area (Å²) in [5, 5.41) is 5.26. The number of hydrogen-bond acceptors (Lipinski definition) is 18. The van der Waals surface area contributed by atoms with E-state index < -0.39 is 54.4 Å². The first-order valence-electron chi connectivity index (χ1n) is 28.4. The van der Waals surface area contributed by atoms with Crippen LogP contribution in [0, 0.1) is 0 Å². The Labute approximate surface area is 527 Å². The molecule has 0 radical (unpaired) electrons. The molecule has 0 aliphatic heterocycles. The number of thioether (sulfide) groups is 3. The summed E-state index contributed by atoms with van der Waals surface area (Å²) in [4.78, 5) is 77.4. The highest BCUT2D eigenvalue weighted by molar-refractivity contribution is 7.99. The summed E-state index contributed by atoms with van der Waals surface area (Å²) in [5.41, 5.74) is 3.54. The number of amides is 2. The molecule has 20 heteroatoms. The monoisotopic (exact) mass is 1250 g/mol. The van der Waals surface area contributed by atoms with Crippen molar-refractivity contribution in [3.63, 3.8) is 0 Å².